The number of nitrogens with one attached hydrogen (secondary N) is 5. The van der Waals surface area contributed by atoms with E-state index in [9.17, 15) is 28.8 Å². The van der Waals surface area contributed by atoms with Crippen LogP contribution in [0.5, 0.6) is 0 Å². The molecule has 13 nitrogen and oxygen atoms in total. The first-order valence-corrected chi connectivity index (χ1v) is 16.7. The van der Waals surface area contributed by atoms with Gasteiger partial charge in [-0.05, 0) is 43.9 Å². The third kappa shape index (κ3) is 12.1. The topological polar surface area (TPSA) is 188 Å². The van der Waals surface area contributed by atoms with Gasteiger partial charge in [-0.1, -0.05) is 73.1 Å². The Morgan fingerprint density at radius 1 is 0.783 bits per heavy atom. The second-order valence-electron chi connectivity index (χ2n) is 12.6. The molecule has 13 heteroatoms. The molecule has 1 fully saturated rings. The summed E-state index contributed by atoms with van der Waals surface area (Å²) in [6.45, 7) is 11.2. The van der Waals surface area contributed by atoms with Gasteiger partial charge in [-0.25, -0.2) is 4.98 Å². The molecular weight excluding hydrogens is 590 g/mol. The minimum atomic E-state index is -1.04. The highest BCUT2D eigenvalue weighted by Crippen LogP contribution is 2.27. The van der Waals surface area contributed by atoms with Crippen LogP contribution in [0.15, 0.2) is 18.6 Å². The number of nitrogens with zero attached hydrogens (tertiary/aromatic N) is 2. The van der Waals surface area contributed by atoms with Crippen LogP contribution in [0, 0.1) is 17.8 Å². The molecule has 5 amide bonds. The maximum atomic E-state index is 13.9. The second-order valence-corrected chi connectivity index (χ2v) is 12.6. The molecule has 5 atom stereocenters. The average molecular weight is 644 g/mol. The maximum Gasteiger partial charge on any atom is 0.289 e. The molecule has 2 rings (SSSR count). The number of ketones is 1. The average Bonchev–Trinajstić information content (AvgIpc) is 3.05. The summed E-state index contributed by atoms with van der Waals surface area (Å²) in [7, 11) is 0. The van der Waals surface area contributed by atoms with Crippen LogP contribution in [0.4, 0.5) is 0 Å². The van der Waals surface area contributed by atoms with Crippen molar-refractivity contribution in [2.24, 2.45) is 17.8 Å². The molecule has 1 aromatic heterocycles. The molecule has 0 bridgehead atoms. The highest BCUT2D eigenvalue weighted by molar-refractivity contribution is 6.38. The van der Waals surface area contributed by atoms with Gasteiger partial charge in [0.2, 0.25) is 23.5 Å². The summed E-state index contributed by atoms with van der Waals surface area (Å²) < 4.78 is 0. The molecule has 0 aliphatic heterocycles. The normalized spacial score (nSPS) is 16.7. The van der Waals surface area contributed by atoms with Crippen LogP contribution < -0.4 is 26.6 Å². The summed E-state index contributed by atoms with van der Waals surface area (Å²) in [5.41, 5.74) is 0.0629. The fraction of sp³-hybridized carbons (Fsp3) is 0.697. The molecule has 0 radical (unpaired) electrons. The van der Waals surface area contributed by atoms with Crippen molar-refractivity contribution in [2.45, 2.75) is 123 Å². The van der Waals surface area contributed by atoms with Gasteiger partial charge in [-0.15, -0.1) is 0 Å². The SMILES string of the molecule is CCNC(=O)C(=O)[C@H](CC)NC(=O)[C@H](CC1CCCCC1)NC(=O)[C@@H](NC(=O)[C@H](CC(C)C)NC(=O)c1cnccn1)[C@@H](C)CC. The zero-order valence-electron chi connectivity index (χ0n) is 28.2. The molecule has 0 saturated heterocycles. The van der Waals surface area contributed by atoms with Gasteiger partial charge in [0.1, 0.15) is 23.8 Å². The Morgan fingerprint density at radius 3 is 2.00 bits per heavy atom. The van der Waals surface area contributed by atoms with E-state index in [1.165, 1.54) is 18.6 Å². The van der Waals surface area contributed by atoms with E-state index in [0.717, 1.165) is 32.1 Å². The predicted octanol–water partition coefficient (Wildman–Crippen LogP) is 2.21. The van der Waals surface area contributed by atoms with Gasteiger partial charge >= 0.3 is 0 Å². The van der Waals surface area contributed by atoms with Gasteiger partial charge in [0.15, 0.2) is 0 Å². The number of aromatic nitrogens is 2. The van der Waals surface area contributed by atoms with Crippen molar-refractivity contribution in [2.75, 3.05) is 6.54 Å². The van der Waals surface area contributed by atoms with E-state index in [4.69, 9.17) is 0 Å². The summed E-state index contributed by atoms with van der Waals surface area (Å²) in [5.74, 6) is -3.75. The van der Waals surface area contributed by atoms with E-state index in [-0.39, 0.29) is 36.4 Å². The zero-order chi connectivity index (χ0) is 34.2. The number of carbonyl (C=O) groups is 6. The largest absolute Gasteiger partial charge is 0.350 e. The van der Waals surface area contributed by atoms with Crippen molar-refractivity contribution >= 4 is 35.3 Å². The summed E-state index contributed by atoms with van der Waals surface area (Å²) in [6, 6.07) is -3.95. The first kappa shape index (κ1) is 38.3. The summed E-state index contributed by atoms with van der Waals surface area (Å²) in [5, 5.41) is 13.6. The predicted molar refractivity (Wildman–Crippen MR) is 173 cm³/mol. The van der Waals surface area contributed by atoms with Gasteiger partial charge < -0.3 is 26.6 Å². The van der Waals surface area contributed by atoms with Crippen LogP contribution in [0.2, 0.25) is 0 Å². The van der Waals surface area contributed by atoms with Gasteiger partial charge in [0.25, 0.3) is 11.8 Å². The minimum Gasteiger partial charge on any atom is -0.350 e. The maximum absolute atomic E-state index is 13.9. The Bertz CT molecular complexity index is 1170. The molecule has 0 unspecified atom stereocenters. The van der Waals surface area contributed by atoms with Crippen molar-refractivity contribution < 1.29 is 28.8 Å². The van der Waals surface area contributed by atoms with E-state index in [1.54, 1.807) is 13.8 Å². The van der Waals surface area contributed by atoms with Crippen molar-refractivity contribution in [1.29, 1.82) is 0 Å². The molecule has 5 N–H and O–H groups in total. The van der Waals surface area contributed by atoms with Crippen LogP contribution in [0.25, 0.3) is 0 Å². The van der Waals surface area contributed by atoms with Crippen LogP contribution in [-0.2, 0) is 24.0 Å². The third-order valence-electron chi connectivity index (χ3n) is 8.45. The van der Waals surface area contributed by atoms with Gasteiger partial charge in [-0.2, -0.15) is 0 Å². The van der Waals surface area contributed by atoms with Crippen molar-refractivity contribution in [1.82, 2.24) is 36.6 Å². The number of hydrogen-bond donors (Lipinski definition) is 5. The quantitative estimate of drug-likeness (QED) is 0.151. The number of amides is 5. The molecule has 1 aliphatic rings. The summed E-state index contributed by atoms with van der Waals surface area (Å²) >= 11 is 0. The molecular formula is C33H53N7O6. The lowest BCUT2D eigenvalue weighted by Gasteiger charge is -2.31. The minimum absolute atomic E-state index is 0.0472. The molecule has 0 spiro atoms. The first-order chi connectivity index (χ1) is 21.9. The van der Waals surface area contributed by atoms with Crippen molar-refractivity contribution in [3.8, 4) is 0 Å². The van der Waals surface area contributed by atoms with E-state index in [1.807, 2.05) is 27.7 Å². The number of carbonyl (C=O) groups excluding carboxylic acids is 6. The Balaban J connectivity index is 2.27. The van der Waals surface area contributed by atoms with Gasteiger partial charge in [0, 0.05) is 18.9 Å². The van der Waals surface area contributed by atoms with Crippen LogP contribution in [0.1, 0.15) is 110 Å². The van der Waals surface area contributed by atoms with E-state index >= 15 is 0 Å². The second kappa shape index (κ2) is 19.6. The molecule has 1 aliphatic carbocycles. The highest BCUT2D eigenvalue weighted by atomic mass is 16.2. The molecule has 46 heavy (non-hydrogen) atoms. The molecule has 1 saturated carbocycles. The lowest BCUT2D eigenvalue weighted by Crippen LogP contribution is -2.60. The Morgan fingerprint density at radius 2 is 1.43 bits per heavy atom. The smallest absolute Gasteiger partial charge is 0.289 e. The highest BCUT2D eigenvalue weighted by Gasteiger charge is 2.35. The summed E-state index contributed by atoms with van der Waals surface area (Å²) in [4.78, 5) is 86.7. The Hall–Kier alpha value is -3.90. The molecule has 256 valence electrons. The van der Waals surface area contributed by atoms with E-state index in [0.29, 0.717) is 19.3 Å². The summed E-state index contributed by atoms with van der Waals surface area (Å²) in [6.07, 6.45) is 10.6. The lowest BCUT2D eigenvalue weighted by atomic mass is 9.84. The van der Waals surface area contributed by atoms with Crippen LogP contribution >= 0.6 is 0 Å². The van der Waals surface area contributed by atoms with Crippen LogP contribution in [-0.4, -0.2) is 76.0 Å². The van der Waals surface area contributed by atoms with E-state index < -0.39 is 59.5 Å². The van der Waals surface area contributed by atoms with E-state index in [2.05, 4.69) is 36.6 Å². The van der Waals surface area contributed by atoms with Crippen LogP contribution in [0.3, 0.4) is 0 Å². The molecule has 0 aromatic carbocycles. The monoisotopic (exact) mass is 643 g/mol. The fourth-order valence-electron chi connectivity index (χ4n) is 5.59. The van der Waals surface area contributed by atoms with Gasteiger partial charge in [0.05, 0.1) is 12.2 Å². The Kier molecular flexibility index (Phi) is 16.3. The standard InChI is InChI=1S/C33H53N7O6/c1-7-21(6)27(40-30(43)24(17-20(4)5)38-31(44)26-19-34-15-16-36-26)32(45)39-25(18-22-13-11-10-12-14-22)29(42)37-23(8-2)28(41)33(46)35-9-3/h15-16,19-25,27H,7-14,17-18H2,1-6H3,(H,35,46)(H,37,42)(H,38,44)(H,39,45)(H,40,43)/t21-,23-,24-,25-,27-/m0/s1. The number of Topliss-reactive ketones (excluding diaryl/α,β-unsaturated/α-hetero) is 1. The third-order valence-corrected chi connectivity index (χ3v) is 8.45. The molecule has 1 aromatic rings. The Labute approximate surface area is 272 Å². The number of likely N-dealkylation sites (N-methyl/N-ethyl adjacent to an activating group) is 1. The van der Waals surface area contributed by atoms with Crippen molar-refractivity contribution in [3.05, 3.63) is 24.3 Å². The van der Waals surface area contributed by atoms with Gasteiger partial charge in [-0.3, -0.25) is 33.8 Å². The molecule has 1 heterocycles. The zero-order valence-corrected chi connectivity index (χ0v) is 28.2. The first-order valence-electron chi connectivity index (χ1n) is 16.7. The van der Waals surface area contributed by atoms with Crippen molar-refractivity contribution in [3.63, 3.8) is 0 Å². The fourth-order valence-corrected chi connectivity index (χ4v) is 5.59. The number of rotatable bonds is 18. The lowest BCUT2D eigenvalue weighted by molar-refractivity contribution is -0.140. The number of hydrogen-bond acceptors (Lipinski definition) is 8.